The fraction of sp³-hybridized carbons (Fsp3) is 0.353. The van der Waals surface area contributed by atoms with Crippen LogP contribution in [-0.2, 0) is 6.54 Å². The van der Waals surface area contributed by atoms with E-state index in [4.69, 9.17) is 0 Å². The van der Waals surface area contributed by atoms with E-state index in [1.54, 1.807) is 11.2 Å². The number of rotatable bonds is 4. The van der Waals surface area contributed by atoms with Gasteiger partial charge in [-0.05, 0) is 12.0 Å². The molecule has 23 heavy (non-hydrogen) atoms. The molecule has 2 aliphatic heterocycles. The maximum atomic E-state index is 13.0. The first kappa shape index (κ1) is 14.0. The number of aliphatic imine (C=N–C) groups is 1. The third kappa shape index (κ3) is 2.21. The number of anilines is 1. The molecule has 118 valence electrons. The fourth-order valence-electron chi connectivity index (χ4n) is 3.20. The van der Waals surface area contributed by atoms with E-state index in [2.05, 4.69) is 33.9 Å². The Morgan fingerprint density at radius 1 is 1.22 bits per heavy atom. The van der Waals surface area contributed by atoms with Crippen molar-refractivity contribution in [3.8, 4) is 0 Å². The van der Waals surface area contributed by atoms with E-state index in [0.717, 1.165) is 30.3 Å². The average Bonchev–Trinajstić information content (AvgIpc) is 3.19. The molecule has 0 bridgehead atoms. The minimum atomic E-state index is 0.00665. The maximum Gasteiger partial charge on any atom is 0.281 e. The predicted molar refractivity (Wildman–Crippen MR) is 88.7 cm³/mol. The van der Waals surface area contributed by atoms with E-state index >= 15 is 0 Å². The van der Waals surface area contributed by atoms with Gasteiger partial charge in [-0.25, -0.2) is 4.98 Å². The van der Waals surface area contributed by atoms with Crippen LogP contribution in [-0.4, -0.2) is 46.0 Å². The number of hydrogen-bond donors (Lipinski definition) is 0. The standard InChI is InChI=1S/C17H19N5O/c1-2-9-22-16(23)14-15(21-10-8-18-17(21)22)19-12-20(14)11-13-6-4-3-5-7-13/h3-7,12H,2,8-11H2,1H3. The summed E-state index contributed by atoms with van der Waals surface area (Å²) in [5, 5.41) is 0. The second-order valence-electron chi connectivity index (χ2n) is 5.82. The smallest absolute Gasteiger partial charge is 0.281 e. The van der Waals surface area contributed by atoms with Gasteiger partial charge in [-0.2, -0.15) is 0 Å². The molecule has 3 heterocycles. The second kappa shape index (κ2) is 5.53. The summed E-state index contributed by atoms with van der Waals surface area (Å²) < 4.78 is 1.95. The normalized spacial score (nSPS) is 16.4. The van der Waals surface area contributed by atoms with Gasteiger partial charge in [0.25, 0.3) is 5.91 Å². The van der Waals surface area contributed by atoms with Crippen LogP contribution in [0.4, 0.5) is 5.82 Å². The Balaban J connectivity index is 1.75. The topological polar surface area (TPSA) is 53.7 Å². The summed E-state index contributed by atoms with van der Waals surface area (Å²) in [6.07, 6.45) is 2.67. The highest BCUT2D eigenvalue weighted by Crippen LogP contribution is 2.29. The Hall–Kier alpha value is -2.63. The molecule has 0 N–H and O–H groups in total. The van der Waals surface area contributed by atoms with Crippen molar-refractivity contribution in [3.63, 3.8) is 0 Å². The van der Waals surface area contributed by atoms with Crippen molar-refractivity contribution in [2.75, 3.05) is 24.5 Å². The van der Waals surface area contributed by atoms with Gasteiger partial charge in [0.1, 0.15) is 0 Å². The van der Waals surface area contributed by atoms with Gasteiger partial charge >= 0.3 is 0 Å². The van der Waals surface area contributed by atoms with Gasteiger partial charge in [0.2, 0.25) is 5.96 Å². The lowest BCUT2D eigenvalue weighted by Crippen LogP contribution is -2.51. The zero-order valence-corrected chi connectivity index (χ0v) is 13.1. The molecule has 0 saturated heterocycles. The number of aromatic nitrogens is 2. The predicted octanol–water partition coefficient (Wildman–Crippen LogP) is 1.97. The Kier molecular flexibility index (Phi) is 3.37. The minimum Gasteiger partial charge on any atom is -0.320 e. The first-order chi connectivity index (χ1) is 11.3. The largest absolute Gasteiger partial charge is 0.320 e. The van der Waals surface area contributed by atoms with Crippen LogP contribution >= 0.6 is 0 Å². The van der Waals surface area contributed by atoms with Crippen LogP contribution in [0.1, 0.15) is 29.4 Å². The Morgan fingerprint density at radius 2 is 2.04 bits per heavy atom. The molecule has 0 atom stereocenters. The zero-order valence-electron chi connectivity index (χ0n) is 13.1. The maximum absolute atomic E-state index is 13.0. The lowest BCUT2D eigenvalue weighted by Gasteiger charge is -2.33. The third-order valence-electron chi connectivity index (χ3n) is 4.22. The van der Waals surface area contributed by atoms with Gasteiger partial charge in [-0.1, -0.05) is 37.3 Å². The molecule has 2 aromatic rings. The zero-order chi connectivity index (χ0) is 15.8. The van der Waals surface area contributed by atoms with E-state index in [0.29, 0.717) is 25.3 Å². The van der Waals surface area contributed by atoms with E-state index in [9.17, 15) is 4.79 Å². The SMILES string of the molecule is CCCN1C(=O)c2c(ncn2Cc2ccccc2)N2CCN=C12. The molecule has 0 radical (unpaired) electrons. The molecule has 6 heteroatoms. The van der Waals surface area contributed by atoms with Crippen molar-refractivity contribution in [3.05, 3.63) is 47.9 Å². The number of imidazole rings is 1. The van der Waals surface area contributed by atoms with Crippen molar-refractivity contribution in [1.82, 2.24) is 14.5 Å². The monoisotopic (exact) mass is 309 g/mol. The highest BCUT2D eigenvalue weighted by atomic mass is 16.2. The van der Waals surface area contributed by atoms with E-state index in [-0.39, 0.29) is 5.91 Å². The molecular weight excluding hydrogens is 290 g/mol. The Labute approximate surface area is 135 Å². The molecule has 1 aromatic heterocycles. The number of carbonyl (C=O) groups excluding carboxylic acids is 1. The highest BCUT2D eigenvalue weighted by Gasteiger charge is 2.40. The summed E-state index contributed by atoms with van der Waals surface area (Å²) >= 11 is 0. The van der Waals surface area contributed by atoms with Gasteiger partial charge in [-0.3, -0.25) is 19.6 Å². The van der Waals surface area contributed by atoms with Crippen LogP contribution in [0.15, 0.2) is 41.7 Å². The summed E-state index contributed by atoms with van der Waals surface area (Å²) in [5.41, 5.74) is 1.83. The molecular formula is C17H19N5O. The lowest BCUT2D eigenvalue weighted by atomic mass is 10.2. The van der Waals surface area contributed by atoms with Crippen molar-refractivity contribution >= 4 is 17.7 Å². The first-order valence-electron chi connectivity index (χ1n) is 8.02. The number of guanidine groups is 1. The molecule has 0 spiro atoms. The van der Waals surface area contributed by atoms with Gasteiger partial charge < -0.3 is 4.57 Å². The van der Waals surface area contributed by atoms with Gasteiger partial charge in [0, 0.05) is 19.6 Å². The number of hydrogen-bond acceptors (Lipinski definition) is 4. The van der Waals surface area contributed by atoms with Crippen molar-refractivity contribution < 1.29 is 4.79 Å². The summed E-state index contributed by atoms with van der Waals surface area (Å²) in [6, 6.07) is 10.1. The van der Waals surface area contributed by atoms with Gasteiger partial charge in [-0.15, -0.1) is 0 Å². The van der Waals surface area contributed by atoms with E-state index < -0.39 is 0 Å². The quantitative estimate of drug-likeness (QED) is 0.868. The number of nitrogens with zero attached hydrogens (tertiary/aromatic N) is 5. The lowest BCUT2D eigenvalue weighted by molar-refractivity contribution is 0.0831. The molecule has 2 aliphatic rings. The molecule has 6 nitrogen and oxygen atoms in total. The van der Waals surface area contributed by atoms with Crippen LogP contribution in [0.25, 0.3) is 0 Å². The van der Waals surface area contributed by atoms with E-state index in [1.165, 1.54) is 0 Å². The summed E-state index contributed by atoms with van der Waals surface area (Å²) in [5.74, 6) is 1.51. The third-order valence-corrected chi connectivity index (χ3v) is 4.22. The minimum absolute atomic E-state index is 0.00665. The van der Waals surface area contributed by atoms with Gasteiger partial charge in [0.05, 0.1) is 12.9 Å². The van der Waals surface area contributed by atoms with Crippen LogP contribution in [0, 0.1) is 0 Å². The second-order valence-corrected chi connectivity index (χ2v) is 5.82. The Morgan fingerprint density at radius 3 is 2.83 bits per heavy atom. The van der Waals surface area contributed by atoms with Gasteiger partial charge in [0.15, 0.2) is 11.5 Å². The first-order valence-corrected chi connectivity index (χ1v) is 8.02. The Bertz CT molecular complexity index is 765. The van der Waals surface area contributed by atoms with E-state index in [1.807, 2.05) is 22.8 Å². The van der Waals surface area contributed by atoms with Crippen LogP contribution in [0.3, 0.4) is 0 Å². The molecule has 0 saturated carbocycles. The van der Waals surface area contributed by atoms with Crippen LogP contribution in [0.5, 0.6) is 0 Å². The fourth-order valence-corrected chi connectivity index (χ4v) is 3.20. The molecule has 1 amide bonds. The van der Waals surface area contributed by atoms with Crippen LogP contribution < -0.4 is 4.90 Å². The number of benzene rings is 1. The van der Waals surface area contributed by atoms with Crippen molar-refractivity contribution in [1.29, 1.82) is 0 Å². The highest BCUT2D eigenvalue weighted by molar-refractivity contribution is 6.17. The summed E-state index contributed by atoms with van der Waals surface area (Å²) in [6.45, 7) is 4.91. The molecule has 0 fully saturated rings. The summed E-state index contributed by atoms with van der Waals surface area (Å²) in [4.78, 5) is 25.8. The molecule has 0 aliphatic carbocycles. The van der Waals surface area contributed by atoms with Crippen molar-refractivity contribution in [2.45, 2.75) is 19.9 Å². The molecule has 1 aromatic carbocycles. The molecule has 4 rings (SSSR count). The van der Waals surface area contributed by atoms with Crippen molar-refractivity contribution in [2.24, 2.45) is 4.99 Å². The molecule has 0 unspecified atom stereocenters. The number of amides is 1. The number of fused-ring (bicyclic) bond motifs is 3. The summed E-state index contributed by atoms with van der Waals surface area (Å²) in [7, 11) is 0. The number of carbonyl (C=O) groups is 1. The average molecular weight is 309 g/mol. The van der Waals surface area contributed by atoms with Crippen LogP contribution in [0.2, 0.25) is 0 Å².